The number of hydrogen-bond acceptors (Lipinski definition) is 2. The van der Waals surface area contributed by atoms with E-state index in [0.717, 1.165) is 25.2 Å². The van der Waals surface area contributed by atoms with Crippen molar-refractivity contribution < 1.29 is 4.39 Å². The molecule has 0 atom stereocenters. The van der Waals surface area contributed by atoms with Gasteiger partial charge in [0.2, 0.25) is 0 Å². The summed E-state index contributed by atoms with van der Waals surface area (Å²) >= 11 is 0. The van der Waals surface area contributed by atoms with E-state index < -0.39 is 0 Å². The second-order valence-electron chi connectivity index (χ2n) is 5.71. The molecule has 18 heavy (non-hydrogen) atoms. The highest BCUT2D eigenvalue weighted by Crippen LogP contribution is 2.37. The van der Waals surface area contributed by atoms with E-state index in [9.17, 15) is 4.39 Å². The standard InChI is InChI=1S/C15H23FN2/c1-18(10-13-5-4-6-14(16)9-13)12-15(11-17)7-2-3-8-15/h4-6,9H,2-3,7-8,10-12,17H2,1H3. The average Bonchev–Trinajstić information content (AvgIpc) is 2.78. The predicted molar refractivity (Wildman–Crippen MR) is 72.7 cm³/mol. The van der Waals surface area contributed by atoms with Crippen molar-refractivity contribution in [1.29, 1.82) is 0 Å². The van der Waals surface area contributed by atoms with Gasteiger partial charge in [-0.1, -0.05) is 25.0 Å². The van der Waals surface area contributed by atoms with Crippen molar-refractivity contribution in [2.45, 2.75) is 32.2 Å². The van der Waals surface area contributed by atoms with Crippen molar-refractivity contribution in [2.75, 3.05) is 20.1 Å². The molecule has 1 saturated carbocycles. The number of benzene rings is 1. The first-order valence-electron chi connectivity index (χ1n) is 6.77. The summed E-state index contributed by atoms with van der Waals surface area (Å²) in [5, 5.41) is 0. The Morgan fingerprint density at radius 2 is 2.06 bits per heavy atom. The first-order chi connectivity index (χ1) is 8.63. The smallest absolute Gasteiger partial charge is 0.123 e. The van der Waals surface area contributed by atoms with E-state index in [1.807, 2.05) is 6.07 Å². The van der Waals surface area contributed by atoms with Gasteiger partial charge < -0.3 is 10.6 Å². The van der Waals surface area contributed by atoms with Crippen molar-refractivity contribution in [3.05, 3.63) is 35.6 Å². The van der Waals surface area contributed by atoms with Crippen LogP contribution < -0.4 is 5.73 Å². The lowest BCUT2D eigenvalue weighted by Crippen LogP contribution is -2.39. The van der Waals surface area contributed by atoms with E-state index in [2.05, 4.69) is 11.9 Å². The first kappa shape index (κ1) is 13.5. The van der Waals surface area contributed by atoms with Crippen molar-refractivity contribution in [1.82, 2.24) is 4.90 Å². The van der Waals surface area contributed by atoms with Crippen molar-refractivity contribution in [3.8, 4) is 0 Å². The van der Waals surface area contributed by atoms with Crippen LogP contribution in [0.5, 0.6) is 0 Å². The SMILES string of the molecule is CN(Cc1cccc(F)c1)CC1(CN)CCCC1. The van der Waals surface area contributed by atoms with Crippen LogP contribution in [0.4, 0.5) is 4.39 Å². The summed E-state index contributed by atoms with van der Waals surface area (Å²) < 4.78 is 13.1. The number of rotatable bonds is 5. The highest BCUT2D eigenvalue weighted by atomic mass is 19.1. The number of nitrogens with zero attached hydrogens (tertiary/aromatic N) is 1. The molecule has 2 rings (SSSR count). The number of hydrogen-bond donors (Lipinski definition) is 1. The third kappa shape index (κ3) is 3.30. The lowest BCUT2D eigenvalue weighted by Gasteiger charge is -2.32. The minimum Gasteiger partial charge on any atom is -0.330 e. The van der Waals surface area contributed by atoms with Crippen molar-refractivity contribution >= 4 is 0 Å². The normalized spacial score (nSPS) is 18.4. The fourth-order valence-electron chi connectivity index (χ4n) is 3.13. The van der Waals surface area contributed by atoms with Gasteiger partial charge >= 0.3 is 0 Å². The maximum atomic E-state index is 13.1. The Balaban J connectivity index is 1.93. The second-order valence-corrected chi connectivity index (χ2v) is 5.71. The quantitative estimate of drug-likeness (QED) is 0.870. The monoisotopic (exact) mass is 250 g/mol. The van der Waals surface area contributed by atoms with Gasteiger partial charge in [-0.15, -0.1) is 0 Å². The van der Waals surface area contributed by atoms with Crippen molar-refractivity contribution in [2.24, 2.45) is 11.1 Å². The topological polar surface area (TPSA) is 29.3 Å². The van der Waals surface area contributed by atoms with Crippen LogP contribution in [0.15, 0.2) is 24.3 Å². The van der Waals surface area contributed by atoms with Gasteiger partial charge in [0.1, 0.15) is 5.82 Å². The molecular weight excluding hydrogens is 227 g/mol. The molecule has 0 saturated heterocycles. The second kappa shape index (κ2) is 5.81. The maximum Gasteiger partial charge on any atom is 0.123 e. The highest BCUT2D eigenvalue weighted by molar-refractivity contribution is 5.16. The van der Waals surface area contributed by atoms with Crippen LogP contribution in [0.3, 0.4) is 0 Å². The van der Waals surface area contributed by atoms with Gasteiger partial charge in [-0.05, 0) is 49.5 Å². The first-order valence-corrected chi connectivity index (χ1v) is 6.77. The van der Waals surface area contributed by atoms with Crippen LogP contribution in [-0.2, 0) is 6.54 Å². The average molecular weight is 250 g/mol. The fraction of sp³-hybridized carbons (Fsp3) is 0.600. The summed E-state index contributed by atoms with van der Waals surface area (Å²) in [6.07, 6.45) is 5.06. The number of nitrogens with two attached hydrogens (primary N) is 1. The van der Waals surface area contributed by atoms with E-state index in [0.29, 0.717) is 5.41 Å². The van der Waals surface area contributed by atoms with Gasteiger partial charge in [0, 0.05) is 13.1 Å². The van der Waals surface area contributed by atoms with Crippen molar-refractivity contribution in [3.63, 3.8) is 0 Å². The molecule has 0 radical (unpaired) electrons. The van der Waals surface area contributed by atoms with Crippen LogP contribution in [0.1, 0.15) is 31.2 Å². The van der Waals surface area contributed by atoms with E-state index in [1.165, 1.54) is 31.7 Å². The molecule has 0 unspecified atom stereocenters. The lowest BCUT2D eigenvalue weighted by molar-refractivity contribution is 0.179. The maximum absolute atomic E-state index is 13.1. The summed E-state index contributed by atoms with van der Waals surface area (Å²) in [6.45, 7) is 2.57. The molecule has 2 nitrogen and oxygen atoms in total. The Kier molecular flexibility index (Phi) is 4.36. The molecule has 1 aliphatic carbocycles. The molecule has 0 amide bonds. The zero-order valence-electron chi connectivity index (χ0n) is 11.2. The van der Waals surface area contributed by atoms with Crippen LogP contribution in [0.25, 0.3) is 0 Å². The Hall–Kier alpha value is -0.930. The molecule has 1 aromatic rings. The van der Waals surface area contributed by atoms with Gasteiger partial charge in [-0.25, -0.2) is 4.39 Å². The largest absolute Gasteiger partial charge is 0.330 e. The fourth-order valence-corrected chi connectivity index (χ4v) is 3.13. The zero-order valence-corrected chi connectivity index (χ0v) is 11.2. The molecule has 1 fully saturated rings. The minimum absolute atomic E-state index is 0.157. The highest BCUT2D eigenvalue weighted by Gasteiger charge is 2.33. The van der Waals surface area contributed by atoms with Crippen LogP contribution in [0.2, 0.25) is 0 Å². The Morgan fingerprint density at radius 1 is 1.33 bits per heavy atom. The summed E-state index contributed by atoms with van der Waals surface area (Å²) in [7, 11) is 2.10. The Bertz CT molecular complexity index is 386. The van der Waals surface area contributed by atoms with Gasteiger partial charge in [0.05, 0.1) is 0 Å². The predicted octanol–water partition coefficient (Wildman–Crippen LogP) is 2.78. The van der Waals surface area contributed by atoms with E-state index in [4.69, 9.17) is 5.73 Å². The molecule has 0 aliphatic heterocycles. The molecule has 0 heterocycles. The molecule has 3 heteroatoms. The third-order valence-corrected chi connectivity index (χ3v) is 4.04. The van der Waals surface area contributed by atoms with Crippen LogP contribution in [0, 0.1) is 11.2 Å². The molecule has 0 spiro atoms. The molecule has 100 valence electrons. The van der Waals surface area contributed by atoms with E-state index in [-0.39, 0.29) is 5.82 Å². The zero-order chi connectivity index (χ0) is 13.0. The molecule has 0 aromatic heterocycles. The van der Waals surface area contributed by atoms with Gasteiger partial charge in [0.25, 0.3) is 0 Å². The lowest BCUT2D eigenvalue weighted by atomic mass is 9.86. The molecule has 1 aliphatic rings. The van der Waals surface area contributed by atoms with Crippen LogP contribution in [-0.4, -0.2) is 25.0 Å². The Labute approximate surface area is 109 Å². The number of halogens is 1. The molecule has 1 aromatic carbocycles. The van der Waals surface area contributed by atoms with Crippen LogP contribution >= 0.6 is 0 Å². The van der Waals surface area contributed by atoms with E-state index >= 15 is 0 Å². The Morgan fingerprint density at radius 3 is 2.67 bits per heavy atom. The van der Waals surface area contributed by atoms with Gasteiger partial charge in [-0.3, -0.25) is 0 Å². The summed E-state index contributed by atoms with van der Waals surface area (Å²) in [4.78, 5) is 2.27. The minimum atomic E-state index is -0.157. The summed E-state index contributed by atoms with van der Waals surface area (Å²) in [5.41, 5.74) is 7.27. The molecule has 0 bridgehead atoms. The van der Waals surface area contributed by atoms with E-state index in [1.54, 1.807) is 12.1 Å². The van der Waals surface area contributed by atoms with Gasteiger partial charge in [0.15, 0.2) is 0 Å². The molecule has 2 N–H and O–H groups in total. The van der Waals surface area contributed by atoms with Gasteiger partial charge in [-0.2, -0.15) is 0 Å². The molecular formula is C15H23FN2. The third-order valence-electron chi connectivity index (χ3n) is 4.04. The summed E-state index contributed by atoms with van der Waals surface area (Å²) in [6, 6.07) is 6.85. The summed E-state index contributed by atoms with van der Waals surface area (Å²) in [5.74, 6) is -0.157.